The predicted molar refractivity (Wildman–Crippen MR) is 129 cm³/mol. The van der Waals surface area contributed by atoms with E-state index in [1.54, 1.807) is 18.7 Å². The first-order valence-electron chi connectivity index (χ1n) is 11.7. The summed E-state index contributed by atoms with van der Waals surface area (Å²) >= 11 is 0. The summed E-state index contributed by atoms with van der Waals surface area (Å²) in [4.78, 5) is 26.3. The molecule has 0 saturated carbocycles. The van der Waals surface area contributed by atoms with Gasteiger partial charge in [0.25, 0.3) is 16.4 Å². The van der Waals surface area contributed by atoms with Crippen molar-refractivity contribution in [3.63, 3.8) is 0 Å². The maximum atomic E-state index is 14.7. The topological polar surface area (TPSA) is 108 Å². The van der Waals surface area contributed by atoms with Crippen molar-refractivity contribution in [3.05, 3.63) is 53.2 Å². The number of carbonyl (C=O) groups is 1. The Hall–Kier alpha value is -3.32. The molecule has 0 aliphatic carbocycles. The van der Waals surface area contributed by atoms with Crippen LogP contribution in [0.3, 0.4) is 0 Å². The van der Waals surface area contributed by atoms with E-state index in [0.717, 1.165) is 6.07 Å². The molecule has 2 saturated heterocycles. The molecule has 4 heterocycles. The zero-order chi connectivity index (χ0) is 26.6. The lowest BCUT2D eigenvalue weighted by Crippen LogP contribution is -2.50. The van der Waals surface area contributed by atoms with Gasteiger partial charge in [-0.3, -0.25) is 4.79 Å². The van der Waals surface area contributed by atoms with Crippen molar-refractivity contribution in [3.8, 4) is 0 Å². The van der Waals surface area contributed by atoms with E-state index in [9.17, 15) is 26.4 Å². The van der Waals surface area contributed by atoms with Gasteiger partial charge in [-0.25, -0.2) is 36.5 Å². The highest BCUT2D eigenvalue weighted by Crippen LogP contribution is 2.36. The number of carbonyl (C=O) groups excluding carboxylic acids is 1. The van der Waals surface area contributed by atoms with E-state index in [1.807, 2.05) is 0 Å². The number of fused-ring (bicyclic) bond motifs is 3. The van der Waals surface area contributed by atoms with E-state index in [0.29, 0.717) is 29.7 Å². The third-order valence-electron chi connectivity index (χ3n) is 6.95. The number of alkyl halides is 2. The van der Waals surface area contributed by atoms with E-state index < -0.39 is 33.9 Å². The molecule has 2 aromatic heterocycles. The number of aromatic nitrogens is 3. The zero-order valence-corrected chi connectivity index (χ0v) is 21.1. The number of sulfonamides is 1. The monoisotopic (exact) mass is 534 g/mol. The number of nitrogens with zero attached hydrogens (tertiary/aromatic N) is 5. The Balaban J connectivity index is 1.49. The lowest BCUT2D eigenvalue weighted by atomic mass is 10.0. The molecule has 1 N–H and O–H groups in total. The lowest BCUT2D eigenvalue weighted by Gasteiger charge is -2.32. The number of anilines is 1. The zero-order valence-electron chi connectivity index (χ0n) is 20.3. The first kappa shape index (κ1) is 25.3. The van der Waals surface area contributed by atoms with Gasteiger partial charge >= 0.3 is 0 Å². The molecule has 5 rings (SSSR count). The molecule has 196 valence electrons. The number of piperazine rings is 1. The van der Waals surface area contributed by atoms with Crippen LogP contribution in [0.5, 0.6) is 0 Å². The number of nitrogens with one attached hydrogen (secondary N) is 1. The first-order valence-corrected chi connectivity index (χ1v) is 13.2. The Kier molecular flexibility index (Phi) is 6.31. The fraction of sp³-hybridized carbons (Fsp3) is 0.417. The summed E-state index contributed by atoms with van der Waals surface area (Å²) in [6, 6.07) is 3.89. The highest BCUT2D eigenvalue weighted by Gasteiger charge is 2.49. The Morgan fingerprint density at radius 2 is 1.89 bits per heavy atom. The Morgan fingerprint density at radius 1 is 1.16 bits per heavy atom. The summed E-state index contributed by atoms with van der Waals surface area (Å²) in [6.45, 7) is 5.23. The fourth-order valence-electron chi connectivity index (χ4n) is 5.17. The van der Waals surface area contributed by atoms with E-state index in [4.69, 9.17) is 0 Å². The highest BCUT2D eigenvalue weighted by molar-refractivity contribution is 7.89. The smallest absolute Gasteiger partial charge is 0.266 e. The number of likely N-dealkylation sites (tertiary alicyclic amines) is 1. The maximum absolute atomic E-state index is 14.7. The summed E-state index contributed by atoms with van der Waals surface area (Å²) in [5, 5.41) is 3.17. The van der Waals surface area contributed by atoms with Crippen LogP contribution in [0.4, 0.5) is 19.0 Å². The summed E-state index contributed by atoms with van der Waals surface area (Å²) in [5.74, 6) is -0.508. The Labute approximate surface area is 211 Å². The van der Waals surface area contributed by atoms with Crippen LogP contribution in [0.1, 0.15) is 49.7 Å². The van der Waals surface area contributed by atoms with E-state index in [2.05, 4.69) is 20.3 Å². The van der Waals surface area contributed by atoms with Crippen LogP contribution in [-0.4, -0.2) is 63.7 Å². The molecule has 0 radical (unpaired) electrons. The van der Waals surface area contributed by atoms with Gasteiger partial charge in [0.15, 0.2) is 5.03 Å². The van der Waals surface area contributed by atoms with Crippen molar-refractivity contribution >= 4 is 32.7 Å². The first-order chi connectivity index (χ1) is 17.5. The molecule has 2 fully saturated rings. The molecule has 13 heteroatoms. The van der Waals surface area contributed by atoms with Crippen molar-refractivity contribution in [2.45, 2.75) is 56.8 Å². The third kappa shape index (κ3) is 4.39. The molecule has 2 aliphatic heterocycles. The summed E-state index contributed by atoms with van der Waals surface area (Å²) in [6.07, 6.45) is -1.06. The number of halogens is 3. The van der Waals surface area contributed by atoms with Crippen LogP contribution in [-0.2, 0) is 14.8 Å². The summed E-state index contributed by atoms with van der Waals surface area (Å²) < 4.78 is 69.5. The molecule has 3 aromatic rings. The van der Waals surface area contributed by atoms with Crippen molar-refractivity contribution in [1.82, 2.24) is 24.2 Å². The van der Waals surface area contributed by atoms with Crippen molar-refractivity contribution < 1.29 is 26.4 Å². The van der Waals surface area contributed by atoms with Gasteiger partial charge in [-0.1, -0.05) is 18.2 Å². The average Bonchev–Trinajstić information content (AvgIpc) is 3.45. The van der Waals surface area contributed by atoms with Crippen LogP contribution in [0, 0.1) is 12.7 Å². The number of hydrogen-bond donors (Lipinski definition) is 1. The predicted octanol–water partition coefficient (Wildman–Crippen LogP) is 3.58. The molecule has 37 heavy (non-hydrogen) atoms. The van der Waals surface area contributed by atoms with Crippen LogP contribution in [0.2, 0.25) is 0 Å². The van der Waals surface area contributed by atoms with Crippen molar-refractivity contribution in [1.29, 1.82) is 0 Å². The van der Waals surface area contributed by atoms with Crippen LogP contribution < -0.4 is 5.32 Å². The van der Waals surface area contributed by atoms with Gasteiger partial charge in [0, 0.05) is 43.0 Å². The number of amides is 1. The summed E-state index contributed by atoms with van der Waals surface area (Å²) in [5.41, 5.74) is -0.309. The molecule has 2 aliphatic rings. The minimum absolute atomic E-state index is 0.0206. The van der Waals surface area contributed by atoms with E-state index >= 15 is 0 Å². The maximum Gasteiger partial charge on any atom is 0.266 e. The molecule has 3 atom stereocenters. The second-order valence-corrected chi connectivity index (χ2v) is 11.2. The van der Waals surface area contributed by atoms with Gasteiger partial charge in [-0.15, -0.1) is 0 Å². The van der Waals surface area contributed by atoms with Crippen LogP contribution in [0.15, 0.2) is 35.5 Å². The number of pyridine rings is 1. The summed E-state index contributed by atoms with van der Waals surface area (Å²) in [7, 11) is -3.98. The van der Waals surface area contributed by atoms with Gasteiger partial charge in [0.05, 0.1) is 23.3 Å². The second-order valence-electron chi connectivity index (χ2n) is 9.37. The largest absolute Gasteiger partial charge is 0.363 e. The average molecular weight is 535 g/mol. The molecule has 1 amide bonds. The number of benzene rings is 1. The Bertz CT molecular complexity index is 1500. The van der Waals surface area contributed by atoms with Gasteiger partial charge in [-0.2, -0.15) is 4.31 Å². The van der Waals surface area contributed by atoms with E-state index in [-0.39, 0.29) is 40.9 Å². The fourth-order valence-corrected chi connectivity index (χ4v) is 6.77. The number of hydrogen-bond acceptors (Lipinski definition) is 7. The van der Waals surface area contributed by atoms with Crippen molar-refractivity contribution in [2.24, 2.45) is 0 Å². The molecular formula is C24H25F3N6O3S. The minimum Gasteiger partial charge on any atom is -0.363 e. The lowest BCUT2D eigenvalue weighted by molar-refractivity contribution is -0.130. The van der Waals surface area contributed by atoms with Gasteiger partial charge < -0.3 is 10.2 Å². The Morgan fingerprint density at radius 3 is 2.54 bits per heavy atom. The molecule has 2 bridgehead atoms. The quantitative estimate of drug-likeness (QED) is 0.515. The molecule has 0 spiro atoms. The number of aryl methyl sites for hydroxylation is 1. The normalized spacial score (nSPS) is 20.7. The van der Waals surface area contributed by atoms with Crippen molar-refractivity contribution in [2.75, 3.05) is 18.4 Å². The molecular weight excluding hydrogens is 509 g/mol. The van der Waals surface area contributed by atoms with Crippen LogP contribution >= 0.6 is 0 Å². The SMILES string of the molecule is CC(=O)N1CC2CC1CN2S(=O)(=O)c1cc2c(N[C@H](C)c3cccc(C(F)F)c3F)nc(C)nc2cn1. The van der Waals surface area contributed by atoms with Gasteiger partial charge in [-0.05, 0) is 26.3 Å². The number of rotatable bonds is 6. The van der Waals surface area contributed by atoms with Crippen LogP contribution in [0.25, 0.3) is 10.9 Å². The standard InChI is InChI=1S/C24H25F3N6O3S/c1-12(17-5-4-6-18(22(17)25)23(26)27)29-24-19-8-21(28-9-20(19)30-13(2)31-24)37(35,36)33-11-15-7-16(33)10-32(15)14(3)34/h4-6,8-9,12,15-16,23H,7,10-11H2,1-3H3,(H,29,30,31)/t12-,15?,16?/m1/s1. The molecule has 2 unspecified atom stereocenters. The highest BCUT2D eigenvalue weighted by atomic mass is 32.2. The molecule has 1 aromatic carbocycles. The molecule has 9 nitrogen and oxygen atoms in total. The minimum atomic E-state index is -3.98. The second kappa shape index (κ2) is 9.21. The third-order valence-corrected chi connectivity index (χ3v) is 8.77. The van der Waals surface area contributed by atoms with Gasteiger partial charge in [0.2, 0.25) is 5.91 Å². The van der Waals surface area contributed by atoms with Gasteiger partial charge in [0.1, 0.15) is 17.5 Å². The van der Waals surface area contributed by atoms with E-state index in [1.165, 1.54) is 35.6 Å².